The maximum absolute atomic E-state index is 10.9. The van der Waals surface area contributed by atoms with Crippen LogP contribution in [0.25, 0.3) is 0 Å². The molecule has 0 bridgehead atoms. The average Bonchev–Trinajstić information content (AvgIpc) is 3.03. The van der Waals surface area contributed by atoms with E-state index in [9.17, 15) is 9.59 Å². The van der Waals surface area contributed by atoms with Gasteiger partial charge in [-0.15, -0.1) is 0 Å². The molecule has 0 aliphatic heterocycles. The lowest BCUT2D eigenvalue weighted by Gasteiger charge is -2.16. The third-order valence-corrected chi connectivity index (χ3v) is 3.18. The molecule has 0 unspecified atom stereocenters. The molecule has 3 nitrogen and oxygen atoms in total. The van der Waals surface area contributed by atoms with Gasteiger partial charge in [-0.3, -0.25) is 4.79 Å². The zero-order valence-electron chi connectivity index (χ0n) is 9.18. The Morgan fingerprint density at radius 2 is 2.19 bits per heavy atom. The molecular weight excluding hydrogens is 204 g/mol. The molecule has 1 aromatic carbocycles. The van der Waals surface area contributed by atoms with Gasteiger partial charge in [0.15, 0.2) is 0 Å². The molecule has 84 valence electrons. The molecule has 0 radical (unpaired) electrons. The molecule has 2 atom stereocenters. The quantitative estimate of drug-likeness (QED) is 0.570. The number of carbonyl (C=O) groups excluding carboxylic acids is 2. The van der Waals surface area contributed by atoms with Crippen LogP contribution in [0, 0.1) is 5.92 Å². The molecule has 0 amide bonds. The van der Waals surface area contributed by atoms with Crippen molar-refractivity contribution in [1.82, 2.24) is 0 Å². The summed E-state index contributed by atoms with van der Waals surface area (Å²) in [7, 11) is 0. The zero-order chi connectivity index (χ0) is 11.6. The van der Waals surface area contributed by atoms with Crippen LogP contribution in [-0.4, -0.2) is 18.9 Å². The van der Waals surface area contributed by atoms with Crippen molar-refractivity contribution in [2.45, 2.75) is 18.8 Å². The van der Waals surface area contributed by atoms with Crippen molar-refractivity contribution in [2.75, 3.05) is 6.61 Å². The predicted molar refractivity (Wildman–Crippen MR) is 58.9 cm³/mol. The number of esters is 1. The van der Waals surface area contributed by atoms with E-state index in [1.165, 1.54) is 6.92 Å². The largest absolute Gasteiger partial charge is 0.465 e. The Morgan fingerprint density at radius 3 is 2.69 bits per heavy atom. The molecule has 0 saturated heterocycles. The summed E-state index contributed by atoms with van der Waals surface area (Å²) in [6, 6.07) is 9.76. The number of benzene rings is 1. The van der Waals surface area contributed by atoms with Crippen LogP contribution in [0.15, 0.2) is 30.3 Å². The first-order chi connectivity index (χ1) is 7.69. The van der Waals surface area contributed by atoms with Gasteiger partial charge in [-0.25, -0.2) is 0 Å². The number of rotatable bonds is 4. The maximum Gasteiger partial charge on any atom is 0.302 e. The molecule has 16 heavy (non-hydrogen) atoms. The van der Waals surface area contributed by atoms with Crippen molar-refractivity contribution in [1.29, 1.82) is 0 Å². The Kier molecular flexibility index (Phi) is 2.77. The van der Waals surface area contributed by atoms with Crippen molar-refractivity contribution in [3.8, 4) is 0 Å². The van der Waals surface area contributed by atoms with Gasteiger partial charge in [0.2, 0.25) is 0 Å². The Morgan fingerprint density at radius 1 is 1.50 bits per heavy atom. The summed E-state index contributed by atoms with van der Waals surface area (Å²) < 4.78 is 5.06. The molecule has 1 saturated carbocycles. The predicted octanol–water partition coefficient (Wildman–Crippen LogP) is 1.71. The highest BCUT2D eigenvalue weighted by atomic mass is 16.5. The third kappa shape index (κ3) is 1.85. The fraction of sp³-hybridized carbons (Fsp3) is 0.385. The molecule has 0 N–H and O–H groups in total. The molecule has 0 spiro atoms. The molecule has 3 heteroatoms. The van der Waals surface area contributed by atoms with E-state index in [1.54, 1.807) is 0 Å². The highest BCUT2D eigenvalue weighted by Crippen LogP contribution is 2.53. The summed E-state index contributed by atoms with van der Waals surface area (Å²) in [5.74, 6) is -0.318. The number of hydrogen-bond acceptors (Lipinski definition) is 3. The minimum atomic E-state index is -0.299. The van der Waals surface area contributed by atoms with Gasteiger partial charge < -0.3 is 9.53 Å². The average molecular weight is 218 g/mol. The lowest BCUT2D eigenvalue weighted by molar-refractivity contribution is -0.142. The van der Waals surface area contributed by atoms with E-state index >= 15 is 0 Å². The molecule has 2 rings (SSSR count). The van der Waals surface area contributed by atoms with Crippen LogP contribution < -0.4 is 0 Å². The summed E-state index contributed by atoms with van der Waals surface area (Å²) >= 11 is 0. The summed E-state index contributed by atoms with van der Waals surface area (Å²) in [5.41, 5.74) is 0.808. The Bertz CT molecular complexity index is 399. The first-order valence-electron chi connectivity index (χ1n) is 5.33. The van der Waals surface area contributed by atoms with Crippen LogP contribution in [0.4, 0.5) is 0 Å². The van der Waals surface area contributed by atoms with Crippen molar-refractivity contribution >= 4 is 12.3 Å². The first kappa shape index (κ1) is 10.9. The Balaban J connectivity index is 2.18. The second-order valence-corrected chi connectivity index (χ2v) is 4.25. The van der Waals surface area contributed by atoms with Crippen molar-refractivity contribution in [2.24, 2.45) is 5.92 Å². The van der Waals surface area contributed by atoms with E-state index in [0.717, 1.165) is 18.3 Å². The number of carbonyl (C=O) groups is 2. The van der Waals surface area contributed by atoms with Gasteiger partial charge in [-0.1, -0.05) is 30.3 Å². The van der Waals surface area contributed by atoms with Gasteiger partial charge in [-0.05, 0) is 12.0 Å². The lowest BCUT2D eigenvalue weighted by Crippen LogP contribution is -2.20. The Hall–Kier alpha value is -1.64. The molecular formula is C13H14O3. The van der Waals surface area contributed by atoms with Crippen LogP contribution >= 0.6 is 0 Å². The highest BCUT2D eigenvalue weighted by Gasteiger charge is 2.56. The van der Waals surface area contributed by atoms with E-state index < -0.39 is 0 Å². The first-order valence-corrected chi connectivity index (χ1v) is 5.33. The van der Waals surface area contributed by atoms with E-state index in [1.807, 2.05) is 30.3 Å². The fourth-order valence-corrected chi connectivity index (χ4v) is 2.09. The lowest BCUT2D eigenvalue weighted by atomic mass is 9.94. The second-order valence-electron chi connectivity index (χ2n) is 4.25. The summed E-state index contributed by atoms with van der Waals surface area (Å²) in [6.45, 7) is 1.69. The third-order valence-electron chi connectivity index (χ3n) is 3.18. The summed E-state index contributed by atoms with van der Waals surface area (Å²) in [6.07, 6.45) is 1.73. The molecule has 1 aliphatic rings. The minimum absolute atomic E-state index is 0.0192. The van der Waals surface area contributed by atoms with Crippen molar-refractivity contribution in [3.63, 3.8) is 0 Å². The van der Waals surface area contributed by atoms with Crippen molar-refractivity contribution < 1.29 is 14.3 Å². The van der Waals surface area contributed by atoms with Gasteiger partial charge in [-0.2, -0.15) is 0 Å². The van der Waals surface area contributed by atoms with Crippen LogP contribution in [-0.2, 0) is 19.7 Å². The standard InChI is InChI=1S/C13H14O3/c1-10(15)16-9-13(7-12(13)8-14)11-5-3-2-4-6-11/h2-6,8,12H,7,9H2,1H3/t12-,13+/m1/s1. The van der Waals surface area contributed by atoms with Gasteiger partial charge in [0.1, 0.15) is 12.9 Å². The normalized spacial score (nSPS) is 27.2. The summed E-state index contributed by atoms with van der Waals surface area (Å²) in [5, 5.41) is 0. The van der Waals surface area contributed by atoms with E-state index in [2.05, 4.69) is 0 Å². The monoisotopic (exact) mass is 218 g/mol. The maximum atomic E-state index is 10.9. The van der Waals surface area contributed by atoms with Crippen molar-refractivity contribution in [3.05, 3.63) is 35.9 Å². The number of aldehydes is 1. The topological polar surface area (TPSA) is 43.4 Å². The van der Waals surface area contributed by atoms with Crippen LogP contribution in [0.2, 0.25) is 0 Å². The molecule has 1 aromatic rings. The molecule has 0 aromatic heterocycles. The minimum Gasteiger partial charge on any atom is -0.465 e. The zero-order valence-corrected chi connectivity index (χ0v) is 9.18. The highest BCUT2D eigenvalue weighted by molar-refractivity contribution is 5.68. The van der Waals surface area contributed by atoms with Gasteiger partial charge >= 0.3 is 5.97 Å². The molecule has 1 aliphatic carbocycles. The number of ether oxygens (including phenoxy) is 1. The van der Waals surface area contributed by atoms with Crippen LogP contribution in [0.5, 0.6) is 0 Å². The second kappa shape index (κ2) is 4.08. The summed E-state index contributed by atoms with van der Waals surface area (Å²) in [4.78, 5) is 21.7. The number of hydrogen-bond donors (Lipinski definition) is 0. The van der Waals surface area contributed by atoms with Gasteiger partial charge in [0.25, 0.3) is 0 Å². The van der Waals surface area contributed by atoms with Crippen LogP contribution in [0.1, 0.15) is 18.9 Å². The van der Waals surface area contributed by atoms with Gasteiger partial charge in [0.05, 0.1) is 0 Å². The van der Waals surface area contributed by atoms with E-state index in [4.69, 9.17) is 4.74 Å². The smallest absolute Gasteiger partial charge is 0.302 e. The van der Waals surface area contributed by atoms with E-state index in [0.29, 0.717) is 6.61 Å². The molecule has 0 heterocycles. The Labute approximate surface area is 94.4 Å². The van der Waals surface area contributed by atoms with Gasteiger partial charge in [0, 0.05) is 18.3 Å². The fourth-order valence-electron chi connectivity index (χ4n) is 2.09. The SMILES string of the molecule is CC(=O)OC[C@]1(c2ccccc2)C[C@@H]1C=O. The van der Waals surface area contributed by atoms with Crippen LogP contribution in [0.3, 0.4) is 0 Å². The molecule has 1 fully saturated rings. The van der Waals surface area contributed by atoms with E-state index in [-0.39, 0.29) is 17.3 Å².